The van der Waals surface area contributed by atoms with E-state index in [9.17, 15) is 4.79 Å². The zero-order valence-electron chi connectivity index (χ0n) is 10.8. The fourth-order valence-electron chi connectivity index (χ4n) is 2.10. The van der Waals surface area contributed by atoms with Gasteiger partial charge in [0.05, 0.1) is 12.1 Å². The van der Waals surface area contributed by atoms with Crippen molar-refractivity contribution < 1.29 is 4.79 Å². The predicted molar refractivity (Wildman–Crippen MR) is 66.5 cm³/mol. The molecule has 1 N–H and O–H groups in total. The van der Waals surface area contributed by atoms with Crippen molar-refractivity contribution in [3.63, 3.8) is 0 Å². The van der Waals surface area contributed by atoms with Gasteiger partial charge in [-0.25, -0.2) is 4.79 Å². The highest BCUT2D eigenvalue weighted by Crippen LogP contribution is 2.10. The Morgan fingerprint density at radius 1 is 1.35 bits per heavy atom. The van der Waals surface area contributed by atoms with Gasteiger partial charge >= 0.3 is 6.03 Å². The largest absolute Gasteiger partial charge is 0.338 e. The van der Waals surface area contributed by atoms with Gasteiger partial charge in [-0.05, 0) is 13.3 Å². The van der Waals surface area contributed by atoms with Crippen LogP contribution in [0, 0.1) is 11.3 Å². The van der Waals surface area contributed by atoms with E-state index in [0.29, 0.717) is 19.6 Å². The molecule has 1 heterocycles. The van der Waals surface area contributed by atoms with Gasteiger partial charge in [-0.3, -0.25) is 4.90 Å². The second kappa shape index (κ2) is 7.13. The van der Waals surface area contributed by atoms with Crippen molar-refractivity contribution in [3.05, 3.63) is 0 Å². The number of nitrogens with zero attached hydrogens (tertiary/aromatic N) is 3. The van der Waals surface area contributed by atoms with Gasteiger partial charge in [-0.2, -0.15) is 5.26 Å². The van der Waals surface area contributed by atoms with E-state index >= 15 is 0 Å². The van der Waals surface area contributed by atoms with Crippen LogP contribution in [0.5, 0.6) is 0 Å². The molecule has 5 nitrogen and oxygen atoms in total. The molecule has 0 radical (unpaired) electrons. The van der Waals surface area contributed by atoms with E-state index < -0.39 is 0 Å². The van der Waals surface area contributed by atoms with Crippen LogP contribution in [0.1, 0.15) is 26.7 Å². The number of carbonyl (C=O) groups excluding carboxylic acids is 1. The minimum atomic E-state index is 0.0103. The van der Waals surface area contributed by atoms with E-state index in [-0.39, 0.29) is 12.1 Å². The lowest BCUT2D eigenvalue weighted by atomic mass is 10.1. The number of carbonyl (C=O) groups is 1. The second-order valence-electron chi connectivity index (χ2n) is 4.29. The van der Waals surface area contributed by atoms with Gasteiger partial charge in [-0.15, -0.1) is 0 Å². The van der Waals surface area contributed by atoms with Gasteiger partial charge in [-0.1, -0.05) is 13.3 Å². The molecule has 2 amide bonds. The van der Waals surface area contributed by atoms with Gasteiger partial charge in [0.1, 0.15) is 0 Å². The minimum Gasteiger partial charge on any atom is -0.338 e. The van der Waals surface area contributed by atoms with Crippen molar-refractivity contribution in [1.29, 1.82) is 5.26 Å². The molecule has 1 saturated heterocycles. The molecular formula is C12H22N4O. The lowest BCUT2D eigenvalue weighted by Gasteiger charge is -2.36. The van der Waals surface area contributed by atoms with Crippen LogP contribution in [0.15, 0.2) is 0 Å². The van der Waals surface area contributed by atoms with E-state index in [1.807, 2.05) is 11.8 Å². The summed E-state index contributed by atoms with van der Waals surface area (Å²) in [6.07, 6.45) is 1.94. The Morgan fingerprint density at radius 3 is 2.47 bits per heavy atom. The molecule has 0 saturated carbocycles. The van der Waals surface area contributed by atoms with E-state index in [1.54, 1.807) is 0 Å². The average molecular weight is 238 g/mol. The van der Waals surface area contributed by atoms with Crippen LogP contribution in [-0.2, 0) is 0 Å². The van der Waals surface area contributed by atoms with E-state index in [0.717, 1.165) is 25.9 Å². The Hall–Kier alpha value is -1.28. The van der Waals surface area contributed by atoms with Crippen LogP contribution >= 0.6 is 0 Å². The highest BCUT2D eigenvalue weighted by Gasteiger charge is 2.25. The fourth-order valence-corrected chi connectivity index (χ4v) is 2.10. The van der Waals surface area contributed by atoms with Crippen molar-refractivity contribution in [3.8, 4) is 6.07 Å². The fraction of sp³-hybridized carbons (Fsp3) is 0.833. The molecule has 1 aliphatic heterocycles. The average Bonchev–Trinajstić information content (AvgIpc) is 2.36. The van der Waals surface area contributed by atoms with Crippen LogP contribution in [0.2, 0.25) is 0 Å². The number of hydrogen-bond acceptors (Lipinski definition) is 3. The molecule has 5 heteroatoms. The van der Waals surface area contributed by atoms with Crippen molar-refractivity contribution in [2.45, 2.75) is 32.7 Å². The number of nitriles is 1. The van der Waals surface area contributed by atoms with Crippen LogP contribution in [0.3, 0.4) is 0 Å². The molecule has 0 spiro atoms. The van der Waals surface area contributed by atoms with Crippen LogP contribution in [-0.4, -0.2) is 54.6 Å². The zero-order valence-corrected chi connectivity index (χ0v) is 10.8. The summed E-state index contributed by atoms with van der Waals surface area (Å²) in [4.78, 5) is 15.6. The normalized spacial score (nSPS) is 18.5. The number of nitrogens with one attached hydrogen (secondary N) is 1. The Morgan fingerprint density at radius 2 is 2.00 bits per heavy atom. The molecule has 0 aliphatic carbocycles. The van der Waals surface area contributed by atoms with Gasteiger partial charge in [0.25, 0.3) is 0 Å². The van der Waals surface area contributed by atoms with Crippen LogP contribution in [0.25, 0.3) is 0 Å². The first-order chi connectivity index (χ1) is 8.22. The first kappa shape index (κ1) is 13.8. The monoisotopic (exact) mass is 238 g/mol. The summed E-state index contributed by atoms with van der Waals surface area (Å²) in [7, 11) is 0. The number of rotatable bonds is 4. The Bertz CT molecular complexity index is 279. The topological polar surface area (TPSA) is 59.4 Å². The molecule has 1 atom stereocenters. The van der Waals surface area contributed by atoms with Crippen LogP contribution < -0.4 is 5.32 Å². The van der Waals surface area contributed by atoms with Gasteiger partial charge in [0.2, 0.25) is 0 Å². The summed E-state index contributed by atoms with van der Waals surface area (Å²) in [6, 6.07) is 2.37. The summed E-state index contributed by atoms with van der Waals surface area (Å²) in [5.41, 5.74) is 0. The summed E-state index contributed by atoms with van der Waals surface area (Å²) >= 11 is 0. The molecule has 0 aromatic rings. The highest BCUT2D eigenvalue weighted by molar-refractivity contribution is 5.74. The number of amides is 2. The molecule has 1 fully saturated rings. The van der Waals surface area contributed by atoms with E-state index in [4.69, 9.17) is 5.26 Å². The molecule has 1 aliphatic rings. The first-order valence-corrected chi connectivity index (χ1v) is 6.39. The summed E-state index contributed by atoms with van der Waals surface area (Å²) < 4.78 is 0. The first-order valence-electron chi connectivity index (χ1n) is 6.39. The maximum Gasteiger partial charge on any atom is 0.317 e. The maximum absolute atomic E-state index is 11.6. The summed E-state index contributed by atoms with van der Waals surface area (Å²) in [6.45, 7) is 7.71. The van der Waals surface area contributed by atoms with Gasteiger partial charge < -0.3 is 10.2 Å². The summed E-state index contributed by atoms with van der Waals surface area (Å²) in [5.74, 6) is 0. The number of hydrogen-bond donors (Lipinski definition) is 1. The maximum atomic E-state index is 11.6. The third-order valence-electron chi connectivity index (χ3n) is 3.08. The Kier molecular flexibility index (Phi) is 5.78. The third-order valence-corrected chi connectivity index (χ3v) is 3.08. The number of piperazine rings is 1. The molecule has 0 aromatic carbocycles. The molecule has 0 bridgehead atoms. The molecule has 0 aromatic heterocycles. The predicted octanol–water partition coefficient (Wildman–Crippen LogP) is 1.03. The number of urea groups is 1. The second-order valence-corrected chi connectivity index (χ2v) is 4.29. The van der Waals surface area contributed by atoms with E-state index in [2.05, 4.69) is 23.2 Å². The van der Waals surface area contributed by atoms with Crippen LogP contribution in [0.4, 0.5) is 4.79 Å². The molecule has 1 unspecified atom stereocenters. The van der Waals surface area contributed by atoms with Crippen molar-refractivity contribution in [2.24, 2.45) is 0 Å². The summed E-state index contributed by atoms with van der Waals surface area (Å²) in [5, 5.41) is 11.9. The SMILES string of the molecule is CCCC(C#N)N1CCN(C(=O)NCC)CC1. The van der Waals surface area contributed by atoms with E-state index in [1.165, 1.54) is 0 Å². The lowest BCUT2D eigenvalue weighted by molar-refractivity contribution is 0.121. The standard InChI is InChI=1S/C12H22N4O/c1-3-5-11(10-13)15-6-8-16(9-7-15)12(17)14-4-2/h11H,3-9H2,1-2H3,(H,14,17). The lowest BCUT2D eigenvalue weighted by Crippen LogP contribution is -2.53. The Labute approximate surface area is 103 Å². The smallest absolute Gasteiger partial charge is 0.317 e. The third kappa shape index (κ3) is 3.90. The molecule has 1 rings (SSSR count). The van der Waals surface area contributed by atoms with Crippen molar-refractivity contribution in [1.82, 2.24) is 15.1 Å². The van der Waals surface area contributed by atoms with Gasteiger partial charge in [0.15, 0.2) is 0 Å². The van der Waals surface area contributed by atoms with Crippen molar-refractivity contribution in [2.75, 3.05) is 32.7 Å². The zero-order chi connectivity index (χ0) is 12.7. The van der Waals surface area contributed by atoms with Crippen molar-refractivity contribution >= 4 is 6.03 Å². The molecule has 96 valence electrons. The molecule has 17 heavy (non-hydrogen) atoms. The molecular weight excluding hydrogens is 216 g/mol. The highest BCUT2D eigenvalue weighted by atomic mass is 16.2. The Balaban J connectivity index is 2.39. The quantitative estimate of drug-likeness (QED) is 0.795. The van der Waals surface area contributed by atoms with Gasteiger partial charge in [0, 0.05) is 32.7 Å². The minimum absolute atomic E-state index is 0.0103.